The third-order valence-corrected chi connectivity index (χ3v) is 3.99. The molecule has 0 unspecified atom stereocenters. The zero-order chi connectivity index (χ0) is 20.3. The van der Waals surface area contributed by atoms with Crippen LogP contribution >= 0.6 is 0 Å². The van der Waals surface area contributed by atoms with Crippen molar-refractivity contribution < 1.29 is 24.5 Å². The van der Waals surface area contributed by atoms with Crippen LogP contribution in [-0.4, -0.2) is 93.6 Å². The van der Waals surface area contributed by atoms with E-state index in [1.807, 2.05) is 0 Å². The van der Waals surface area contributed by atoms with Gasteiger partial charge in [-0.25, -0.2) is 4.79 Å². The molecule has 0 saturated carbocycles. The summed E-state index contributed by atoms with van der Waals surface area (Å²) < 4.78 is 4.29. The number of hydrogen-bond acceptors (Lipinski definition) is 9. The molecular weight excluding hydrogens is 352 g/mol. The molecule has 0 bridgehead atoms. The molecule has 0 aliphatic heterocycles. The number of Topliss-reactive ketones (excluding diaryl/α,β-unsaturated/α-hetero) is 1. The Morgan fingerprint density at radius 3 is 1.67 bits per heavy atom. The number of ketones is 1. The Kier molecular flexibility index (Phi) is 17.5. The highest BCUT2D eigenvalue weighted by Crippen LogP contribution is 2.02. The second-order valence-electron chi connectivity index (χ2n) is 6.34. The molecule has 9 nitrogen and oxygen atoms in total. The van der Waals surface area contributed by atoms with E-state index in [-0.39, 0.29) is 6.42 Å². The first kappa shape index (κ1) is 25.9. The molecule has 0 amide bonds. The van der Waals surface area contributed by atoms with Gasteiger partial charge in [0.15, 0.2) is 11.9 Å². The Bertz CT molecular complexity index is 385. The lowest BCUT2D eigenvalue weighted by atomic mass is 10.1. The number of carbonyl (C=O) groups excluding carboxylic acids is 2. The van der Waals surface area contributed by atoms with Crippen molar-refractivity contribution in [2.45, 2.75) is 44.8 Å². The molecule has 0 rings (SSSR count). The van der Waals surface area contributed by atoms with E-state index in [2.05, 4.69) is 32.9 Å². The summed E-state index contributed by atoms with van der Waals surface area (Å²) in [5.41, 5.74) is 0. The standard InChI is InChI=1S/C18H38N4O5/c1-3-4-7-19-9-11-21-13-14-22-12-10-20-8-5-6-15(23)16(24)17(25)18(26)27-2/h16-17,19-22,24-25H,3-14H2,1-2H3/t16-,17+/m0/s1. The number of aliphatic hydroxyl groups excluding tert-OH is 2. The maximum absolute atomic E-state index is 11.7. The van der Waals surface area contributed by atoms with Gasteiger partial charge in [0.1, 0.15) is 6.10 Å². The van der Waals surface area contributed by atoms with Gasteiger partial charge in [-0.15, -0.1) is 0 Å². The molecule has 0 saturated heterocycles. The average Bonchev–Trinajstić information content (AvgIpc) is 2.68. The summed E-state index contributed by atoms with van der Waals surface area (Å²) in [7, 11) is 1.09. The molecule has 9 heteroatoms. The van der Waals surface area contributed by atoms with Gasteiger partial charge in [-0.2, -0.15) is 0 Å². The molecule has 27 heavy (non-hydrogen) atoms. The fourth-order valence-corrected chi connectivity index (χ4v) is 2.29. The molecule has 0 aliphatic rings. The molecule has 160 valence electrons. The van der Waals surface area contributed by atoms with Gasteiger partial charge in [-0.1, -0.05) is 13.3 Å². The van der Waals surface area contributed by atoms with Gasteiger partial charge in [0, 0.05) is 45.7 Å². The summed E-state index contributed by atoms with van der Waals surface area (Å²) in [6, 6.07) is 0. The van der Waals surface area contributed by atoms with Crippen molar-refractivity contribution in [2.75, 3.05) is 59.5 Å². The monoisotopic (exact) mass is 390 g/mol. The number of methoxy groups -OCH3 is 1. The molecule has 0 spiro atoms. The molecule has 0 aromatic carbocycles. The van der Waals surface area contributed by atoms with Crippen LogP contribution in [0.5, 0.6) is 0 Å². The summed E-state index contributed by atoms with van der Waals surface area (Å²) in [5, 5.41) is 32.2. The minimum Gasteiger partial charge on any atom is -0.467 e. The van der Waals surface area contributed by atoms with Gasteiger partial charge in [-0.3, -0.25) is 4.79 Å². The Balaban J connectivity index is 3.38. The largest absolute Gasteiger partial charge is 0.467 e. The summed E-state index contributed by atoms with van der Waals surface area (Å²) in [6.07, 6.45) is -0.496. The zero-order valence-electron chi connectivity index (χ0n) is 16.8. The molecule has 0 aromatic heterocycles. The normalized spacial score (nSPS) is 13.3. The Morgan fingerprint density at radius 1 is 0.778 bits per heavy atom. The summed E-state index contributed by atoms with van der Waals surface area (Å²) in [4.78, 5) is 22.7. The van der Waals surface area contributed by atoms with Crippen molar-refractivity contribution in [1.29, 1.82) is 0 Å². The quantitative estimate of drug-likeness (QED) is 0.114. The van der Waals surface area contributed by atoms with Crippen LogP contribution in [0.3, 0.4) is 0 Å². The SMILES string of the molecule is CCCCNCCNCCNCCNCCCC(=O)[C@H](O)[C@@H](O)C(=O)OC. The fourth-order valence-electron chi connectivity index (χ4n) is 2.29. The zero-order valence-corrected chi connectivity index (χ0v) is 16.8. The molecule has 0 aliphatic carbocycles. The smallest absolute Gasteiger partial charge is 0.337 e. The van der Waals surface area contributed by atoms with Crippen LogP contribution in [0.1, 0.15) is 32.6 Å². The number of carbonyl (C=O) groups is 2. The van der Waals surface area contributed by atoms with E-state index < -0.39 is 24.0 Å². The molecule has 6 N–H and O–H groups in total. The first-order chi connectivity index (χ1) is 13.0. The molecule has 0 heterocycles. The third-order valence-electron chi connectivity index (χ3n) is 3.99. The highest BCUT2D eigenvalue weighted by Gasteiger charge is 2.30. The van der Waals surface area contributed by atoms with Crippen LogP contribution in [0.4, 0.5) is 0 Å². The van der Waals surface area contributed by atoms with Gasteiger partial charge in [0.2, 0.25) is 0 Å². The van der Waals surface area contributed by atoms with Gasteiger partial charge >= 0.3 is 5.97 Å². The topological polar surface area (TPSA) is 132 Å². The van der Waals surface area contributed by atoms with E-state index in [1.165, 1.54) is 12.8 Å². The number of aliphatic hydroxyl groups is 2. The van der Waals surface area contributed by atoms with Crippen LogP contribution in [0.2, 0.25) is 0 Å². The Labute approximate surface area is 162 Å². The van der Waals surface area contributed by atoms with Crippen molar-refractivity contribution in [1.82, 2.24) is 21.3 Å². The minimum atomic E-state index is -1.82. The molecule has 0 radical (unpaired) electrons. The third kappa shape index (κ3) is 14.6. The van der Waals surface area contributed by atoms with Crippen LogP contribution < -0.4 is 21.3 Å². The summed E-state index contributed by atoms with van der Waals surface area (Å²) in [5.74, 6) is -1.58. The minimum absolute atomic E-state index is 0.0891. The number of ether oxygens (including phenoxy) is 1. The van der Waals surface area contributed by atoms with Crippen molar-refractivity contribution in [3.8, 4) is 0 Å². The number of esters is 1. The fraction of sp³-hybridized carbons (Fsp3) is 0.889. The second-order valence-corrected chi connectivity index (χ2v) is 6.34. The van der Waals surface area contributed by atoms with Crippen molar-refractivity contribution in [3.63, 3.8) is 0 Å². The Hall–Kier alpha value is -1.10. The lowest BCUT2D eigenvalue weighted by Gasteiger charge is -2.14. The highest BCUT2D eigenvalue weighted by molar-refractivity contribution is 5.89. The van der Waals surface area contributed by atoms with E-state index in [1.54, 1.807) is 0 Å². The Morgan fingerprint density at radius 2 is 1.22 bits per heavy atom. The lowest BCUT2D eigenvalue weighted by molar-refractivity contribution is -0.160. The number of rotatable bonds is 19. The van der Waals surface area contributed by atoms with Crippen molar-refractivity contribution in [2.24, 2.45) is 0 Å². The number of unbranched alkanes of at least 4 members (excludes halogenated alkanes) is 1. The lowest BCUT2D eigenvalue weighted by Crippen LogP contribution is -2.40. The first-order valence-electron chi connectivity index (χ1n) is 9.84. The molecule has 0 aromatic rings. The van der Waals surface area contributed by atoms with Crippen LogP contribution in [0.15, 0.2) is 0 Å². The van der Waals surface area contributed by atoms with Gasteiger partial charge in [0.05, 0.1) is 7.11 Å². The number of nitrogens with one attached hydrogen (secondary N) is 4. The molecule has 2 atom stereocenters. The number of hydrogen-bond donors (Lipinski definition) is 6. The predicted molar refractivity (Wildman–Crippen MR) is 105 cm³/mol. The molecular formula is C18H38N4O5. The van der Waals surface area contributed by atoms with E-state index in [9.17, 15) is 19.8 Å². The second kappa shape index (κ2) is 18.3. The average molecular weight is 391 g/mol. The van der Waals surface area contributed by atoms with Crippen LogP contribution in [0.25, 0.3) is 0 Å². The van der Waals surface area contributed by atoms with E-state index in [4.69, 9.17) is 0 Å². The van der Waals surface area contributed by atoms with E-state index in [0.717, 1.165) is 52.9 Å². The van der Waals surface area contributed by atoms with Crippen LogP contribution in [0, 0.1) is 0 Å². The summed E-state index contributed by atoms with van der Waals surface area (Å²) in [6.45, 7) is 9.27. The van der Waals surface area contributed by atoms with Crippen molar-refractivity contribution in [3.05, 3.63) is 0 Å². The predicted octanol–water partition coefficient (Wildman–Crippen LogP) is -1.61. The van der Waals surface area contributed by atoms with Crippen LogP contribution in [-0.2, 0) is 14.3 Å². The van der Waals surface area contributed by atoms with E-state index in [0.29, 0.717) is 13.0 Å². The van der Waals surface area contributed by atoms with Crippen molar-refractivity contribution >= 4 is 11.8 Å². The summed E-state index contributed by atoms with van der Waals surface area (Å²) >= 11 is 0. The van der Waals surface area contributed by atoms with Gasteiger partial charge < -0.3 is 36.2 Å². The maximum Gasteiger partial charge on any atom is 0.337 e. The van der Waals surface area contributed by atoms with Gasteiger partial charge in [0.25, 0.3) is 0 Å². The van der Waals surface area contributed by atoms with Gasteiger partial charge in [-0.05, 0) is 25.9 Å². The molecule has 0 fully saturated rings. The van der Waals surface area contributed by atoms with E-state index >= 15 is 0 Å². The maximum atomic E-state index is 11.7. The first-order valence-corrected chi connectivity index (χ1v) is 9.84. The highest BCUT2D eigenvalue weighted by atomic mass is 16.5.